The fourth-order valence-corrected chi connectivity index (χ4v) is 3.39. The van der Waals surface area contributed by atoms with Crippen molar-refractivity contribution in [1.29, 1.82) is 0 Å². The summed E-state index contributed by atoms with van der Waals surface area (Å²) in [5, 5.41) is 4.35. The van der Waals surface area contributed by atoms with Gasteiger partial charge in [-0.3, -0.25) is 9.40 Å². The number of anilines is 2. The minimum Gasteiger partial charge on any atom is -0.383 e. The van der Waals surface area contributed by atoms with Crippen molar-refractivity contribution in [3.05, 3.63) is 29.7 Å². The first-order valence-corrected chi connectivity index (χ1v) is 8.01. The minimum absolute atomic E-state index is 0.0310. The number of hydrogen-bond donors (Lipinski definition) is 2. The summed E-state index contributed by atoms with van der Waals surface area (Å²) in [6.45, 7) is 7.55. The Bertz CT molecular complexity index is 765. The Morgan fingerprint density at radius 2 is 2.00 bits per heavy atom. The lowest BCUT2D eigenvalue weighted by atomic mass is 10.3. The lowest BCUT2D eigenvalue weighted by Gasteiger charge is -2.11. The Morgan fingerprint density at radius 3 is 2.52 bits per heavy atom. The Hall–Kier alpha value is -2.09. The van der Waals surface area contributed by atoms with Gasteiger partial charge in [0.05, 0.1) is 17.1 Å². The number of aromatic nitrogens is 3. The highest BCUT2D eigenvalue weighted by Gasteiger charge is 2.22. The number of nitrogens with zero attached hydrogens (tertiary/aromatic N) is 3. The Kier molecular flexibility index (Phi) is 3.91. The van der Waals surface area contributed by atoms with Crippen LogP contribution in [-0.2, 0) is 10.0 Å². The summed E-state index contributed by atoms with van der Waals surface area (Å²) in [4.78, 5) is 3.76. The molecule has 0 aliphatic heterocycles. The van der Waals surface area contributed by atoms with E-state index in [1.165, 1.54) is 18.3 Å². The number of nitrogen functional groups attached to an aromatic ring is 1. The summed E-state index contributed by atoms with van der Waals surface area (Å²) in [6, 6.07) is 3.09. The molecule has 0 aliphatic carbocycles. The van der Waals surface area contributed by atoms with Crippen molar-refractivity contribution in [2.24, 2.45) is 0 Å². The van der Waals surface area contributed by atoms with Crippen molar-refractivity contribution in [1.82, 2.24) is 14.8 Å². The highest BCUT2D eigenvalue weighted by molar-refractivity contribution is 7.92. The predicted octanol–water partition coefficient (Wildman–Crippen LogP) is 1.86. The molecule has 7 nitrogen and oxygen atoms in total. The van der Waals surface area contributed by atoms with Crippen LogP contribution in [0.15, 0.2) is 23.2 Å². The van der Waals surface area contributed by atoms with Gasteiger partial charge in [0.2, 0.25) is 0 Å². The third-order valence-corrected chi connectivity index (χ3v) is 4.54. The molecule has 0 amide bonds. The average Bonchev–Trinajstić information content (AvgIpc) is 2.67. The summed E-state index contributed by atoms with van der Waals surface area (Å²) in [7, 11) is -3.79. The number of sulfonamides is 1. The summed E-state index contributed by atoms with van der Waals surface area (Å²) >= 11 is 0. The third kappa shape index (κ3) is 2.85. The van der Waals surface area contributed by atoms with Crippen LogP contribution in [0.4, 0.5) is 11.5 Å². The fourth-order valence-electron chi connectivity index (χ4n) is 2.13. The lowest BCUT2D eigenvalue weighted by Crippen LogP contribution is -2.16. The zero-order valence-corrected chi connectivity index (χ0v) is 13.3. The molecule has 0 unspecified atom stereocenters. The maximum Gasteiger partial charge on any atom is 0.265 e. The summed E-state index contributed by atoms with van der Waals surface area (Å²) in [5.74, 6) is -0.0310. The molecule has 0 atom stereocenters. The first-order chi connectivity index (χ1) is 9.74. The third-order valence-electron chi connectivity index (χ3n) is 3.14. The quantitative estimate of drug-likeness (QED) is 0.897. The number of hydrogen-bond acceptors (Lipinski definition) is 5. The van der Waals surface area contributed by atoms with E-state index in [-0.39, 0.29) is 16.8 Å². The van der Waals surface area contributed by atoms with E-state index < -0.39 is 10.0 Å². The molecule has 21 heavy (non-hydrogen) atoms. The maximum absolute atomic E-state index is 12.4. The van der Waals surface area contributed by atoms with E-state index in [0.717, 1.165) is 5.69 Å². The van der Waals surface area contributed by atoms with Gasteiger partial charge in [-0.15, -0.1) is 0 Å². The van der Waals surface area contributed by atoms with Gasteiger partial charge in [-0.25, -0.2) is 13.4 Å². The van der Waals surface area contributed by atoms with Gasteiger partial charge in [-0.2, -0.15) is 5.10 Å². The molecule has 0 aromatic carbocycles. The second-order valence-electron chi connectivity index (χ2n) is 5.08. The number of nitrogens with two attached hydrogens (primary N) is 1. The van der Waals surface area contributed by atoms with E-state index in [1.807, 2.05) is 20.8 Å². The van der Waals surface area contributed by atoms with Gasteiger partial charge in [0, 0.05) is 12.2 Å². The van der Waals surface area contributed by atoms with Crippen molar-refractivity contribution in [2.75, 3.05) is 10.5 Å². The van der Waals surface area contributed by atoms with Crippen LogP contribution in [0, 0.1) is 13.8 Å². The fraction of sp³-hybridized carbons (Fsp3) is 0.385. The van der Waals surface area contributed by atoms with E-state index in [1.54, 1.807) is 11.6 Å². The van der Waals surface area contributed by atoms with Crippen molar-refractivity contribution < 1.29 is 8.42 Å². The summed E-state index contributed by atoms with van der Waals surface area (Å²) in [5.41, 5.74) is 7.49. The summed E-state index contributed by atoms with van der Waals surface area (Å²) < 4.78 is 29.2. The van der Waals surface area contributed by atoms with Crippen LogP contribution in [-0.4, -0.2) is 23.2 Å². The van der Waals surface area contributed by atoms with Gasteiger partial charge in [-0.1, -0.05) is 0 Å². The van der Waals surface area contributed by atoms with E-state index in [4.69, 9.17) is 5.73 Å². The molecule has 3 N–H and O–H groups in total. The van der Waals surface area contributed by atoms with Crippen LogP contribution in [0.25, 0.3) is 0 Å². The number of aryl methyl sites for hydroxylation is 1. The molecule has 2 rings (SSSR count). The van der Waals surface area contributed by atoms with Gasteiger partial charge < -0.3 is 5.73 Å². The van der Waals surface area contributed by atoms with Crippen LogP contribution in [0.2, 0.25) is 0 Å². The highest BCUT2D eigenvalue weighted by atomic mass is 32.2. The smallest absolute Gasteiger partial charge is 0.265 e. The highest BCUT2D eigenvalue weighted by Crippen LogP contribution is 2.26. The van der Waals surface area contributed by atoms with Gasteiger partial charge in [0.1, 0.15) is 10.7 Å². The molecule has 0 saturated heterocycles. The molecular weight excluding hydrogens is 290 g/mol. The van der Waals surface area contributed by atoms with Crippen LogP contribution >= 0.6 is 0 Å². The van der Waals surface area contributed by atoms with Gasteiger partial charge in [0.15, 0.2) is 0 Å². The molecule has 2 heterocycles. The zero-order valence-electron chi connectivity index (χ0n) is 12.5. The number of pyridine rings is 1. The van der Waals surface area contributed by atoms with E-state index in [9.17, 15) is 8.42 Å². The molecule has 2 aromatic heterocycles. The van der Waals surface area contributed by atoms with E-state index in [0.29, 0.717) is 11.4 Å². The van der Waals surface area contributed by atoms with Crippen LogP contribution in [0.1, 0.15) is 31.3 Å². The zero-order chi connectivity index (χ0) is 15.8. The Labute approximate surface area is 124 Å². The van der Waals surface area contributed by atoms with Crippen molar-refractivity contribution in [3.8, 4) is 0 Å². The van der Waals surface area contributed by atoms with Crippen LogP contribution < -0.4 is 10.5 Å². The first kappa shape index (κ1) is 15.3. The molecule has 2 aromatic rings. The number of rotatable bonds is 4. The van der Waals surface area contributed by atoms with Gasteiger partial charge >= 0.3 is 0 Å². The predicted molar refractivity (Wildman–Crippen MR) is 81.5 cm³/mol. The molecule has 8 heteroatoms. The molecule has 0 spiro atoms. The van der Waals surface area contributed by atoms with E-state index >= 15 is 0 Å². The average molecular weight is 309 g/mol. The first-order valence-electron chi connectivity index (χ1n) is 6.53. The number of nitrogens with one attached hydrogen (secondary N) is 1. The van der Waals surface area contributed by atoms with E-state index in [2.05, 4.69) is 14.8 Å². The molecule has 0 radical (unpaired) electrons. The lowest BCUT2D eigenvalue weighted by molar-refractivity contribution is 0.516. The molecule has 0 fully saturated rings. The molecular formula is C13H19N5O2S. The molecule has 0 bridgehead atoms. The normalized spacial score (nSPS) is 11.9. The Morgan fingerprint density at radius 1 is 1.33 bits per heavy atom. The van der Waals surface area contributed by atoms with Gasteiger partial charge in [-0.05, 0) is 39.8 Å². The standard InChI is InChI=1S/C13H19N5O2S/c1-8(2)18-10(4)12(9(3)16-18)17-21(19,20)11-6-5-7-15-13(11)14/h5-8,17H,1-4H3,(H2,14,15). The van der Waals surface area contributed by atoms with Crippen molar-refractivity contribution >= 4 is 21.5 Å². The van der Waals surface area contributed by atoms with Crippen LogP contribution in [0.5, 0.6) is 0 Å². The molecule has 0 saturated carbocycles. The minimum atomic E-state index is -3.79. The second-order valence-corrected chi connectivity index (χ2v) is 6.73. The monoisotopic (exact) mass is 309 g/mol. The molecule has 114 valence electrons. The van der Waals surface area contributed by atoms with Gasteiger partial charge in [0.25, 0.3) is 10.0 Å². The van der Waals surface area contributed by atoms with Crippen molar-refractivity contribution in [3.63, 3.8) is 0 Å². The van der Waals surface area contributed by atoms with Crippen molar-refractivity contribution in [2.45, 2.75) is 38.6 Å². The summed E-state index contributed by atoms with van der Waals surface area (Å²) in [6.07, 6.45) is 1.45. The maximum atomic E-state index is 12.4. The topological polar surface area (TPSA) is 103 Å². The molecule has 0 aliphatic rings. The Balaban J connectivity index is 2.45. The van der Waals surface area contributed by atoms with Crippen LogP contribution in [0.3, 0.4) is 0 Å². The largest absolute Gasteiger partial charge is 0.383 e. The SMILES string of the molecule is Cc1nn(C(C)C)c(C)c1NS(=O)(=O)c1cccnc1N. The second kappa shape index (κ2) is 5.36.